The lowest BCUT2D eigenvalue weighted by atomic mass is 10.1. The molecule has 0 aliphatic rings. The molecule has 158 valence electrons. The highest BCUT2D eigenvalue weighted by atomic mass is 16.2. The molecule has 0 bridgehead atoms. The summed E-state index contributed by atoms with van der Waals surface area (Å²) in [6.45, 7) is 0. The quantitative estimate of drug-likeness (QED) is 0.395. The van der Waals surface area contributed by atoms with E-state index >= 15 is 0 Å². The van der Waals surface area contributed by atoms with E-state index in [4.69, 9.17) is 0 Å². The minimum atomic E-state index is -0.0727. The first-order valence-electron chi connectivity index (χ1n) is 9.97. The van der Waals surface area contributed by atoms with Crippen molar-refractivity contribution in [2.45, 2.75) is 0 Å². The summed E-state index contributed by atoms with van der Waals surface area (Å²) in [5.41, 5.74) is 4.19. The number of amides is 1. The molecule has 0 fully saturated rings. The van der Waals surface area contributed by atoms with Crippen molar-refractivity contribution in [1.29, 1.82) is 0 Å². The van der Waals surface area contributed by atoms with E-state index in [-0.39, 0.29) is 5.91 Å². The summed E-state index contributed by atoms with van der Waals surface area (Å²) in [6.07, 6.45) is 7.05. The number of anilines is 2. The number of pyridine rings is 1. The number of hydrogen-bond donors (Lipinski definition) is 3. The zero-order chi connectivity index (χ0) is 22.1. The minimum Gasteiger partial charge on any atom is -0.351 e. The Hall–Kier alpha value is -4.53. The van der Waals surface area contributed by atoms with E-state index in [2.05, 4.69) is 35.5 Å². The first-order valence-corrected chi connectivity index (χ1v) is 9.97. The van der Waals surface area contributed by atoms with Gasteiger partial charge in [0.05, 0.1) is 6.20 Å². The Labute approximate surface area is 183 Å². The number of nitrogens with zero attached hydrogens (tertiary/aromatic N) is 5. The molecule has 32 heavy (non-hydrogen) atoms. The van der Waals surface area contributed by atoms with E-state index in [1.165, 1.54) is 0 Å². The lowest BCUT2D eigenvalue weighted by Crippen LogP contribution is -2.21. The number of carbonyl (C=O) groups excluding carboxylic acids is 1. The number of hydrogen-bond acceptors (Lipinski definition) is 6. The lowest BCUT2D eigenvalue weighted by Gasteiger charge is -2.07. The summed E-state index contributed by atoms with van der Waals surface area (Å²) in [6, 6.07) is 13.3. The van der Waals surface area contributed by atoms with E-state index in [0.29, 0.717) is 23.2 Å². The minimum absolute atomic E-state index is 0.0727. The summed E-state index contributed by atoms with van der Waals surface area (Å²) in [5.74, 6) is 1.81. The molecule has 0 saturated carbocycles. The van der Waals surface area contributed by atoms with Gasteiger partial charge in [0.25, 0.3) is 5.91 Å². The second-order valence-corrected chi connectivity index (χ2v) is 7.49. The van der Waals surface area contributed by atoms with Crippen LogP contribution in [0.15, 0.2) is 67.3 Å². The van der Waals surface area contributed by atoms with Crippen molar-refractivity contribution in [3.63, 3.8) is 0 Å². The van der Waals surface area contributed by atoms with Gasteiger partial charge in [-0.2, -0.15) is 5.10 Å². The van der Waals surface area contributed by atoms with Crippen LogP contribution in [0.5, 0.6) is 0 Å². The maximum atomic E-state index is 12.2. The number of fused-ring (bicyclic) bond motifs is 1. The van der Waals surface area contributed by atoms with Gasteiger partial charge < -0.3 is 15.2 Å². The normalized spacial score (nSPS) is 10.9. The molecule has 1 amide bonds. The van der Waals surface area contributed by atoms with Crippen LogP contribution in [0, 0.1) is 0 Å². The largest absolute Gasteiger partial charge is 0.351 e. The molecule has 5 rings (SSSR count). The fourth-order valence-electron chi connectivity index (χ4n) is 3.37. The fraction of sp³-hybridized carbons (Fsp3) is 0.0870. The van der Waals surface area contributed by atoms with E-state index < -0.39 is 0 Å². The third kappa shape index (κ3) is 3.79. The molecule has 4 aromatic heterocycles. The summed E-state index contributed by atoms with van der Waals surface area (Å²) < 4.78 is 0. The third-order valence-corrected chi connectivity index (χ3v) is 5.02. The summed E-state index contributed by atoms with van der Waals surface area (Å²) in [5, 5.41) is 10.9. The molecule has 0 aliphatic heterocycles. The molecular weight excluding hydrogens is 404 g/mol. The zero-order valence-electron chi connectivity index (χ0n) is 17.5. The molecule has 0 spiro atoms. The van der Waals surface area contributed by atoms with Crippen LogP contribution in [-0.4, -0.2) is 55.0 Å². The highest BCUT2D eigenvalue weighted by molar-refractivity contribution is 5.98. The van der Waals surface area contributed by atoms with Crippen LogP contribution in [0.4, 0.5) is 11.6 Å². The van der Waals surface area contributed by atoms with Crippen molar-refractivity contribution in [3.8, 4) is 22.5 Å². The zero-order valence-corrected chi connectivity index (χ0v) is 17.5. The average molecular weight is 424 g/mol. The van der Waals surface area contributed by atoms with Gasteiger partial charge in [0, 0.05) is 60.3 Å². The number of nitrogens with one attached hydrogen (secondary N) is 3. The Morgan fingerprint density at radius 2 is 1.81 bits per heavy atom. The van der Waals surface area contributed by atoms with Crippen molar-refractivity contribution in [2.75, 3.05) is 19.4 Å². The van der Waals surface area contributed by atoms with Crippen LogP contribution in [-0.2, 0) is 0 Å². The lowest BCUT2D eigenvalue weighted by molar-refractivity contribution is 0.0823. The topological polar surface area (TPSA) is 115 Å². The van der Waals surface area contributed by atoms with Crippen molar-refractivity contribution < 1.29 is 4.79 Å². The standard InChI is InChI=1S/C23H20N8O/c1-31(2)23(32)19-9-14-3-4-15(10-18(14)28-19)22-24-8-7-21(30-22)29-20-6-5-16(11-25-20)17-12-26-27-13-17/h3-13,28H,1-2H3,(H,26,27)(H,24,25,29,30). The third-order valence-electron chi connectivity index (χ3n) is 5.02. The molecular formula is C23H20N8O. The van der Waals surface area contributed by atoms with Gasteiger partial charge in [-0.3, -0.25) is 9.89 Å². The van der Waals surface area contributed by atoms with Gasteiger partial charge >= 0.3 is 0 Å². The van der Waals surface area contributed by atoms with Crippen LogP contribution in [0.1, 0.15) is 10.5 Å². The number of aromatic nitrogens is 6. The molecule has 0 atom stereocenters. The van der Waals surface area contributed by atoms with E-state index in [9.17, 15) is 4.79 Å². The Morgan fingerprint density at radius 1 is 0.938 bits per heavy atom. The molecule has 0 radical (unpaired) electrons. The molecule has 1 aromatic carbocycles. The number of rotatable bonds is 5. The predicted octanol–water partition coefficient (Wildman–Crippen LogP) is 3.86. The van der Waals surface area contributed by atoms with Gasteiger partial charge in [-0.05, 0) is 30.3 Å². The Bertz CT molecular complexity index is 1390. The Kier molecular flexibility index (Phi) is 4.83. The fourth-order valence-corrected chi connectivity index (χ4v) is 3.37. The van der Waals surface area contributed by atoms with Gasteiger partial charge in [-0.1, -0.05) is 12.1 Å². The van der Waals surface area contributed by atoms with Gasteiger partial charge in [-0.25, -0.2) is 15.0 Å². The van der Waals surface area contributed by atoms with Crippen molar-refractivity contribution in [3.05, 3.63) is 72.9 Å². The molecule has 0 unspecified atom stereocenters. The van der Waals surface area contributed by atoms with Crippen LogP contribution < -0.4 is 5.32 Å². The molecule has 3 N–H and O–H groups in total. The van der Waals surface area contributed by atoms with Crippen LogP contribution in [0.25, 0.3) is 33.4 Å². The van der Waals surface area contributed by atoms with Gasteiger partial charge in [0.2, 0.25) is 0 Å². The van der Waals surface area contributed by atoms with Crippen LogP contribution in [0.3, 0.4) is 0 Å². The maximum Gasteiger partial charge on any atom is 0.269 e. The smallest absolute Gasteiger partial charge is 0.269 e. The van der Waals surface area contributed by atoms with Crippen molar-refractivity contribution in [1.82, 2.24) is 35.0 Å². The molecule has 0 saturated heterocycles. The van der Waals surface area contributed by atoms with E-state index in [1.54, 1.807) is 43.7 Å². The monoisotopic (exact) mass is 424 g/mol. The second-order valence-electron chi connectivity index (χ2n) is 7.49. The second kappa shape index (κ2) is 7.95. The van der Waals surface area contributed by atoms with Gasteiger partial charge in [0.1, 0.15) is 17.3 Å². The van der Waals surface area contributed by atoms with Gasteiger partial charge in [-0.15, -0.1) is 0 Å². The average Bonchev–Trinajstić information content (AvgIpc) is 3.49. The highest BCUT2D eigenvalue weighted by Crippen LogP contribution is 2.25. The number of H-pyrrole nitrogens is 2. The Balaban J connectivity index is 1.38. The molecule has 9 nitrogen and oxygen atoms in total. The molecule has 4 heterocycles. The first-order chi connectivity index (χ1) is 15.6. The number of benzene rings is 1. The number of carbonyl (C=O) groups is 1. The Morgan fingerprint density at radius 3 is 2.56 bits per heavy atom. The maximum absolute atomic E-state index is 12.2. The van der Waals surface area contributed by atoms with Crippen molar-refractivity contribution in [2.24, 2.45) is 0 Å². The summed E-state index contributed by atoms with van der Waals surface area (Å²) in [7, 11) is 3.46. The SMILES string of the molecule is CN(C)C(=O)c1cc2ccc(-c3nccc(Nc4ccc(-c5cn[nH]c5)cn4)n3)cc2[nH]1. The molecule has 9 heteroatoms. The molecule has 0 aliphatic carbocycles. The highest BCUT2D eigenvalue weighted by Gasteiger charge is 2.12. The predicted molar refractivity (Wildman–Crippen MR) is 122 cm³/mol. The van der Waals surface area contributed by atoms with Crippen LogP contribution >= 0.6 is 0 Å². The number of aromatic amines is 2. The van der Waals surface area contributed by atoms with E-state index in [0.717, 1.165) is 27.6 Å². The first kappa shape index (κ1) is 19.4. The van der Waals surface area contributed by atoms with E-state index in [1.807, 2.05) is 42.6 Å². The summed E-state index contributed by atoms with van der Waals surface area (Å²) in [4.78, 5) is 30.4. The van der Waals surface area contributed by atoms with Crippen molar-refractivity contribution >= 4 is 28.4 Å². The van der Waals surface area contributed by atoms with Crippen LogP contribution in [0.2, 0.25) is 0 Å². The summed E-state index contributed by atoms with van der Waals surface area (Å²) >= 11 is 0. The van der Waals surface area contributed by atoms with Gasteiger partial charge in [0.15, 0.2) is 5.82 Å². The molecule has 5 aromatic rings.